The minimum absolute atomic E-state index is 0.146. The molecule has 1 amide bonds. The zero-order valence-electron chi connectivity index (χ0n) is 26.7. The Kier molecular flexibility index (Phi) is 9.65. The molecule has 5 heterocycles. The fourth-order valence-corrected chi connectivity index (χ4v) is 7.90. The Morgan fingerprint density at radius 2 is 1.85 bits per heavy atom. The molecule has 0 unspecified atom stereocenters. The number of halogens is 1. The van der Waals surface area contributed by atoms with Gasteiger partial charge < -0.3 is 34.5 Å². The number of amides is 1. The number of carbonyl (C=O) groups is 1. The Morgan fingerprint density at radius 1 is 1.06 bits per heavy atom. The summed E-state index contributed by atoms with van der Waals surface area (Å²) in [6.07, 6.45) is 8.38. The van der Waals surface area contributed by atoms with Crippen molar-refractivity contribution in [1.29, 1.82) is 0 Å². The second-order valence-corrected chi connectivity index (χ2v) is 15.9. The fourth-order valence-electron chi connectivity index (χ4n) is 6.15. The SMILES string of the molecule is C=Cc1cc(Nc2ncc(Br)c(Nc3cnc4ccccc4c3P(C)(C)=O)n2)c(OC)nc1N1CCC(N2CCCCOC2=O)CC1. The highest BCUT2D eigenvalue weighted by atomic mass is 79.9. The summed E-state index contributed by atoms with van der Waals surface area (Å²) in [7, 11) is -1.14. The number of ether oxygens (including phenoxy) is 2. The molecule has 2 saturated heterocycles. The van der Waals surface area contributed by atoms with E-state index in [2.05, 4.69) is 48.0 Å². The van der Waals surface area contributed by atoms with Crippen LogP contribution in [-0.2, 0) is 9.30 Å². The Morgan fingerprint density at radius 3 is 2.60 bits per heavy atom. The highest BCUT2D eigenvalue weighted by molar-refractivity contribution is 9.10. The molecule has 0 atom stereocenters. The third-order valence-corrected chi connectivity index (χ3v) is 10.5. The van der Waals surface area contributed by atoms with E-state index in [4.69, 9.17) is 19.4 Å². The molecular weight excluding hydrogens is 683 g/mol. The molecule has 6 rings (SSSR count). The number of aromatic nitrogens is 4. The van der Waals surface area contributed by atoms with Gasteiger partial charge in [-0.2, -0.15) is 9.97 Å². The van der Waals surface area contributed by atoms with Crippen LogP contribution in [0.15, 0.2) is 53.8 Å². The van der Waals surface area contributed by atoms with E-state index in [0.717, 1.165) is 67.6 Å². The zero-order chi connectivity index (χ0) is 33.1. The molecule has 0 radical (unpaired) electrons. The van der Waals surface area contributed by atoms with Crippen LogP contribution >= 0.6 is 23.1 Å². The van der Waals surface area contributed by atoms with Gasteiger partial charge in [0.05, 0.1) is 35.6 Å². The van der Waals surface area contributed by atoms with Gasteiger partial charge in [0.1, 0.15) is 24.5 Å². The van der Waals surface area contributed by atoms with Crippen LogP contribution in [-0.4, -0.2) is 83.7 Å². The summed E-state index contributed by atoms with van der Waals surface area (Å²) in [5.74, 6) is 1.91. The van der Waals surface area contributed by atoms with E-state index in [-0.39, 0.29) is 12.1 Å². The van der Waals surface area contributed by atoms with Crippen LogP contribution in [0, 0.1) is 0 Å². The van der Waals surface area contributed by atoms with Gasteiger partial charge in [0.15, 0.2) is 0 Å². The van der Waals surface area contributed by atoms with Crippen LogP contribution in [0.3, 0.4) is 0 Å². The molecule has 2 N–H and O–H groups in total. The number of piperidine rings is 1. The van der Waals surface area contributed by atoms with Gasteiger partial charge in [-0.25, -0.2) is 9.78 Å². The molecule has 0 aliphatic carbocycles. The lowest BCUT2D eigenvalue weighted by Crippen LogP contribution is -2.47. The van der Waals surface area contributed by atoms with Gasteiger partial charge in [0, 0.05) is 48.1 Å². The Balaban J connectivity index is 1.23. The van der Waals surface area contributed by atoms with Crippen LogP contribution in [0.4, 0.5) is 33.8 Å². The molecule has 1 aromatic carbocycles. The summed E-state index contributed by atoms with van der Waals surface area (Å²) in [6.45, 7) is 10.2. The number of fused-ring (bicyclic) bond motifs is 1. The number of methoxy groups -OCH3 is 1. The van der Waals surface area contributed by atoms with Crippen LogP contribution in [0.5, 0.6) is 5.88 Å². The summed E-state index contributed by atoms with van der Waals surface area (Å²) in [6, 6.07) is 9.72. The first-order chi connectivity index (χ1) is 22.7. The first kappa shape index (κ1) is 32.7. The molecule has 0 spiro atoms. The van der Waals surface area contributed by atoms with E-state index in [0.29, 0.717) is 45.4 Å². The van der Waals surface area contributed by atoms with E-state index in [1.165, 1.54) is 0 Å². The van der Waals surface area contributed by atoms with Gasteiger partial charge in [-0.05, 0) is 67.1 Å². The normalized spacial score (nSPS) is 16.0. The van der Waals surface area contributed by atoms with Crippen molar-refractivity contribution in [3.63, 3.8) is 0 Å². The predicted octanol–water partition coefficient (Wildman–Crippen LogP) is 6.77. The molecule has 2 aliphatic rings. The van der Waals surface area contributed by atoms with E-state index in [1.54, 1.807) is 38.9 Å². The number of hydrogen-bond acceptors (Lipinski definition) is 11. The van der Waals surface area contributed by atoms with Gasteiger partial charge in [-0.3, -0.25) is 4.98 Å². The average Bonchev–Trinajstić information content (AvgIpc) is 3.29. The number of pyridine rings is 2. The lowest BCUT2D eigenvalue weighted by molar-refractivity contribution is 0.0945. The number of hydrogen-bond donors (Lipinski definition) is 2. The molecule has 2 aliphatic heterocycles. The fraction of sp³-hybridized carbons (Fsp3) is 0.364. The highest BCUT2D eigenvalue weighted by Crippen LogP contribution is 2.41. The van der Waals surface area contributed by atoms with Crippen molar-refractivity contribution >= 4 is 80.4 Å². The summed E-state index contributed by atoms with van der Waals surface area (Å²) < 4.78 is 25.2. The molecule has 14 heteroatoms. The van der Waals surface area contributed by atoms with E-state index in [9.17, 15) is 9.36 Å². The van der Waals surface area contributed by atoms with E-state index >= 15 is 0 Å². The molecule has 3 aromatic heterocycles. The largest absolute Gasteiger partial charge is 0.479 e. The molecule has 0 bridgehead atoms. The Hall–Kier alpha value is -4.22. The number of nitrogens with one attached hydrogen (secondary N) is 2. The highest BCUT2D eigenvalue weighted by Gasteiger charge is 2.31. The first-order valence-corrected chi connectivity index (χ1v) is 19.0. The van der Waals surface area contributed by atoms with Crippen molar-refractivity contribution < 1.29 is 18.8 Å². The van der Waals surface area contributed by atoms with Crippen molar-refractivity contribution in [2.45, 2.75) is 31.7 Å². The molecular formula is C33H38BrN8O4P. The quantitative estimate of drug-likeness (QED) is 0.177. The van der Waals surface area contributed by atoms with Crippen LogP contribution in [0.2, 0.25) is 0 Å². The summed E-state index contributed by atoms with van der Waals surface area (Å²) in [4.78, 5) is 35.2. The summed E-state index contributed by atoms with van der Waals surface area (Å²) in [5, 5.41) is 8.11. The average molecular weight is 722 g/mol. The van der Waals surface area contributed by atoms with Crippen molar-refractivity contribution in [1.82, 2.24) is 24.8 Å². The molecule has 12 nitrogen and oxygen atoms in total. The maximum atomic E-state index is 13.4. The minimum atomic E-state index is -2.71. The van der Waals surface area contributed by atoms with E-state index < -0.39 is 7.14 Å². The maximum Gasteiger partial charge on any atom is 0.410 e. The summed E-state index contributed by atoms with van der Waals surface area (Å²) in [5.41, 5.74) is 2.77. The standard InChI is InChI=1S/C33H38BrN8O4P/c1-5-21-18-26(31(45-2)40-30(21)41-15-12-22(13-16-41)42-14-8-9-17-46-33(42)43)38-32-36-19-24(34)29(39-32)37-27-20-35-25-11-7-6-10-23(25)28(27)47(3,4)44/h5-7,10-11,18-20,22H,1,8-9,12-17H2,2-4H3,(H2,36,37,38,39). The minimum Gasteiger partial charge on any atom is -0.479 e. The maximum absolute atomic E-state index is 13.4. The third kappa shape index (κ3) is 7.06. The van der Waals surface area contributed by atoms with Crippen molar-refractivity contribution in [3.8, 4) is 5.88 Å². The number of rotatable bonds is 9. The Labute approximate surface area is 282 Å². The molecule has 0 saturated carbocycles. The van der Waals surface area contributed by atoms with Crippen LogP contribution in [0.1, 0.15) is 31.2 Å². The lowest BCUT2D eigenvalue weighted by atomic mass is 10.0. The lowest BCUT2D eigenvalue weighted by Gasteiger charge is -2.38. The molecule has 47 heavy (non-hydrogen) atoms. The number of anilines is 5. The van der Waals surface area contributed by atoms with Crippen molar-refractivity contribution in [3.05, 3.63) is 59.3 Å². The van der Waals surface area contributed by atoms with Gasteiger partial charge in [0.2, 0.25) is 11.8 Å². The van der Waals surface area contributed by atoms with E-state index in [1.807, 2.05) is 35.2 Å². The second-order valence-electron chi connectivity index (χ2n) is 11.9. The van der Waals surface area contributed by atoms with Crippen LogP contribution < -0.4 is 25.6 Å². The van der Waals surface area contributed by atoms with Gasteiger partial charge in [-0.15, -0.1) is 0 Å². The number of carbonyl (C=O) groups excluding carboxylic acids is 1. The monoisotopic (exact) mass is 720 g/mol. The number of cyclic esters (lactones) is 1. The van der Waals surface area contributed by atoms with Crippen molar-refractivity contribution in [2.24, 2.45) is 0 Å². The zero-order valence-corrected chi connectivity index (χ0v) is 29.2. The number of nitrogens with zero attached hydrogens (tertiary/aromatic N) is 6. The van der Waals surface area contributed by atoms with Gasteiger partial charge in [0.25, 0.3) is 0 Å². The Bertz CT molecular complexity index is 1860. The van der Waals surface area contributed by atoms with Crippen molar-refractivity contribution in [2.75, 3.05) is 62.2 Å². The molecule has 2 fully saturated rings. The van der Waals surface area contributed by atoms with Gasteiger partial charge >= 0.3 is 6.09 Å². The predicted molar refractivity (Wildman–Crippen MR) is 191 cm³/mol. The third-order valence-electron chi connectivity index (χ3n) is 8.40. The van der Waals surface area contributed by atoms with Gasteiger partial charge in [-0.1, -0.05) is 30.9 Å². The smallest absolute Gasteiger partial charge is 0.410 e. The second kappa shape index (κ2) is 13.9. The van der Waals surface area contributed by atoms with Crippen LogP contribution in [0.25, 0.3) is 17.0 Å². The molecule has 4 aromatic rings. The summed E-state index contributed by atoms with van der Waals surface area (Å²) >= 11 is 3.55. The molecule has 246 valence electrons. The number of benzene rings is 1. The topological polar surface area (TPSA) is 135 Å². The number of para-hydroxylation sites is 1. The first-order valence-electron chi connectivity index (χ1n) is 15.6.